The van der Waals surface area contributed by atoms with Crippen LogP contribution in [0.25, 0.3) is 0 Å². The zero-order valence-electron chi connectivity index (χ0n) is 14.2. The first kappa shape index (κ1) is 20.8. The first-order valence-electron chi connectivity index (χ1n) is 7.87. The molecule has 0 saturated heterocycles. The minimum absolute atomic E-state index is 0. The molecule has 4 nitrogen and oxygen atoms in total. The van der Waals surface area contributed by atoms with Gasteiger partial charge >= 0.3 is 0 Å². The summed E-state index contributed by atoms with van der Waals surface area (Å²) < 4.78 is 0. The fourth-order valence-corrected chi connectivity index (χ4v) is 2.51. The molecule has 24 heavy (non-hydrogen) atoms. The summed E-state index contributed by atoms with van der Waals surface area (Å²) in [7, 11) is 0. The normalized spacial score (nSPS) is 10.8. The zero-order chi connectivity index (χ0) is 16.3. The van der Waals surface area contributed by atoms with Gasteiger partial charge in [-0.1, -0.05) is 18.2 Å². The Bertz CT molecular complexity index is 602. The van der Waals surface area contributed by atoms with Crippen molar-refractivity contribution in [3.05, 3.63) is 59.9 Å². The van der Waals surface area contributed by atoms with Gasteiger partial charge in [-0.3, -0.25) is 4.98 Å². The number of aliphatic imine (C=N–C) groups is 1. The number of benzene rings is 1. The first-order valence-corrected chi connectivity index (χ1v) is 9.09. The maximum Gasteiger partial charge on any atom is 0.191 e. The molecule has 0 aliphatic heterocycles. The number of aromatic nitrogens is 1. The van der Waals surface area contributed by atoms with Crippen LogP contribution in [-0.2, 0) is 13.0 Å². The SMILES string of the molecule is CCNC(=NCc1ccc(SC)cc1)NCCc1ccccn1.I. The highest BCUT2D eigenvalue weighted by atomic mass is 127. The van der Waals surface area contributed by atoms with Gasteiger partial charge in [-0.05, 0) is 43.0 Å². The Hall–Kier alpha value is -1.28. The average Bonchev–Trinajstić information content (AvgIpc) is 2.61. The van der Waals surface area contributed by atoms with Gasteiger partial charge in [-0.25, -0.2) is 4.99 Å². The van der Waals surface area contributed by atoms with E-state index >= 15 is 0 Å². The van der Waals surface area contributed by atoms with Crippen LogP contribution >= 0.6 is 35.7 Å². The first-order chi connectivity index (χ1) is 11.3. The third-order valence-corrected chi connectivity index (χ3v) is 4.07. The van der Waals surface area contributed by atoms with Gasteiger partial charge in [0, 0.05) is 36.3 Å². The Morgan fingerprint density at radius 3 is 2.54 bits per heavy atom. The molecule has 0 bridgehead atoms. The van der Waals surface area contributed by atoms with Crippen molar-refractivity contribution in [1.29, 1.82) is 0 Å². The molecule has 0 amide bonds. The molecule has 2 aromatic rings. The van der Waals surface area contributed by atoms with E-state index in [1.165, 1.54) is 10.5 Å². The number of rotatable bonds is 7. The molecule has 6 heteroatoms. The van der Waals surface area contributed by atoms with Crippen molar-refractivity contribution in [2.45, 2.75) is 24.8 Å². The summed E-state index contributed by atoms with van der Waals surface area (Å²) in [5, 5.41) is 6.63. The lowest BCUT2D eigenvalue weighted by Gasteiger charge is -2.11. The third-order valence-electron chi connectivity index (χ3n) is 3.32. The smallest absolute Gasteiger partial charge is 0.191 e. The minimum Gasteiger partial charge on any atom is -0.357 e. The molecule has 0 aliphatic carbocycles. The molecular weight excluding hydrogens is 431 g/mol. The van der Waals surface area contributed by atoms with Crippen LogP contribution in [0.4, 0.5) is 0 Å². The molecule has 130 valence electrons. The van der Waals surface area contributed by atoms with Crippen LogP contribution in [0, 0.1) is 0 Å². The zero-order valence-corrected chi connectivity index (χ0v) is 17.3. The maximum absolute atomic E-state index is 4.64. The summed E-state index contributed by atoms with van der Waals surface area (Å²) in [6, 6.07) is 14.5. The van der Waals surface area contributed by atoms with Gasteiger partial charge in [0.15, 0.2) is 5.96 Å². The van der Waals surface area contributed by atoms with Gasteiger partial charge in [-0.2, -0.15) is 0 Å². The summed E-state index contributed by atoms with van der Waals surface area (Å²) in [6.45, 7) is 4.41. The molecule has 1 heterocycles. The van der Waals surface area contributed by atoms with E-state index in [-0.39, 0.29) is 24.0 Å². The second-order valence-corrected chi connectivity index (χ2v) is 5.92. The van der Waals surface area contributed by atoms with E-state index in [2.05, 4.69) is 58.1 Å². The van der Waals surface area contributed by atoms with Crippen LogP contribution in [-0.4, -0.2) is 30.3 Å². The summed E-state index contributed by atoms with van der Waals surface area (Å²) in [6.07, 6.45) is 4.79. The highest BCUT2D eigenvalue weighted by Gasteiger charge is 1.99. The van der Waals surface area contributed by atoms with Crippen LogP contribution < -0.4 is 10.6 Å². The molecule has 0 saturated carbocycles. The summed E-state index contributed by atoms with van der Waals surface area (Å²) >= 11 is 1.75. The van der Waals surface area contributed by atoms with Crippen molar-refractivity contribution >= 4 is 41.7 Å². The van der Waals surface area contributed by atoms with E-state index < -0.39 is 0 Å². The summed E-state index contributed by atoms with van der Waals surface area (Å²) in [5.74, 6) is 0.845. The van der Waals surface area contributed by atoms with Gasteiger partial charge in [0.05, 0.1) is 6.54 Å². The fraction of sp³-hybridized carbons (Fsp3) is 0.333. The lowest BCUT2D eigenvalue weighted by Crippen LogP contribution is -2.38. The average molecular weight is 456 g/mol. The van der Waals surface area contributed by atoms with Gasteiger partial charge < -0.3 is 10.6 Å². The Balaban J connectivity index is 0.00000288. The molecule has 0 aliphatic rings. The standard InChI is InChI=1S/C18H24N4S.HI/c1-3-19-18(21-13-11-16-6-4-5-12-20-16)22-14-15-7-9-17(23-2)10-8-15;/h4-10,12H,3,11,13-14H2,1-2H3,(H2,19,21,22);1H. The quantitative estimate of drug-likeness (QED) is 0.289. The summed E-state index contributed by atoms with van der Waals surface area (Å²) in [4.78, 5) is 10.2. The molecule has 2 N–H and O–H groups in total. The van der Waals surface area contributed by atoms with E-state index in [9.17, 15) is 0 Å². The number of nitrogens with one attached hydrogen (secondary N) is 2. The molecule has 0 unspecified atom stereocenters. The maximum atomic E-state index is 4.64. The second-order valence-electron chi connectivity index (χ2n) is 5.04. The van der Waals surface area contributed by atoms with E-state index in [1.807, 2.05) is 24.4 Å². The molecule has 0 radical (unpaired) electrons. The molecule has 0 fully saturated rings. The topological polar surface area (TPSA) is 49.3 Å². The predicted octanol–water partition coefficient (Wildman–Crippen LogP) is 3.72. The minimum atomic E-state index is 0. The molecule has 0 spiro atoms. The fourth-order valence-electron chi connectivity index (χ4n) is 2.10. The van der Waals surface area contributed by atoms with Crippen LogP contribution in [0.3, 0.4) is 0 Å². The van der Waals surface area contributed by atoms with Crippen LogP contribution in [0.5, 0.6) is 0 Å². The van der Waals surface area contributed by atoms with Crippen molar-refractivity contribution in [2.75, 3.05) is 19.3 Å². The Labute approximate surface area is 166 Å². The largest absolute Gasteiger partial charge is 0.357 e. The van der Waals surface area contributed by atoms with Gasteiger partial charge in [0.25, 0.3) is 0 Å². The number of halogens is 1. The van der Waals surface area contributed by atoms with E-state index in [0.717, 1.165) is 31.2 Å². The number of nitrogens with zero attached hydrogens (tertiary/aromatic N) is 2. The van der Waals surface area contributed by atoms with Crippen LogP contribution in [0.15, 0.2) is 58.5 Å². The number of hydrogen-bond donors (Lipinski definition) is 2. The van der Waals surface area contributed by atoms with Gasteiger partial charge in [0.1, 0.15) is 0 Å². The van der Waals surface area contributed by atoms with Crippen molar-refractivity contribution in [3.63, 3.8) is 0 Å². The number of thioether (sulfide) groups is 1. The van der Waals surface area contributed by atoms with Crippen LogP contribution in [0.2, 0.25) is 0 Å². The predicted molar refractivity (Wildman–Crippen MR) is 114 cm³/mol. The Kier molecular flexibility index (Phi) is 10.5. The number of pyridine rings is 1. The van der Waals surface area contributed by atoms with Crippen molar-refractivity contribution in [2.24, 2.45) is 4.99 Å². The molecule has 1 aromatic carbocycles. The van der Waals surface area contributed by atoms with Gasteiger partial charge in [-0.15, -0.1) is 35.7 Å². The second kappa shape index (κ2) is 12.1. The summed E-state index contributed by atoms with van der Waals surface area (Å²) in [5.41, 5.74) is 2.30. The van der Waals surface area contributed by atoms with E-state index in [1.54, 1.807) is 11.8 Å². The number of guanidine groups is 1. The van der Waals surface area contributed by atoms with Gasteiger partial charge in [0.2, 0.25) is 0 Å². The molecule has 2 rings (SSSR count). The van der Waals surface area contributed by atoms with Crippen molar-refractivity contribution in [1.82, 2.24) is 15.6 Å². The molecular formula is C18H25IN4S. The Morgan fingerprint density at radius 2 is 1.92 bits per heavy atom. The third kappa shape index (κ3) is 7.53. The van der Waals surface area contributed by atoms with E-state index in [0.29, 0.717) is 6.54 Å². The van der Waals surface area contributed by atoms with E-state index in [4.69, 9.17) is 0 Å². The van der Waals surface area contributed by atoms with Crippen LogP contribution in [0.1, 0.15) is 18.2 Å². The monoisotopic (exact) mass is 456 g/mol. The number of hydrogen-bond acceptors (Lipinski definition) is 3. The highest BCUT2D eigenvalue weighted by Crippen LogP contribution is 2.15. The lowest BCUT2D eigenvalue weighted by molar-refractivity contribution is 0.788. The molecule has 0 atom stereocenters. The Morgan fingerprint density at radius 1 is 1.12 bits per heavy atom. The van der Waals surface area contributed by atoms with Crippen molar-refractivity contribution in [3.8, 4) is 0 Å². The highest BCUT2D eigenvalue weighted by molar-refractivity contribution is 14.0. The van der Waals surface area contributed by atoms with Crippen molar-refractivity contribution < 1.29 is 0 Å². The molecule has 1 aromatic heterocycles. The lowest BCUT2D eigenvalue weighted by atomic mass is 10.2.